The Hall–Kier alpha value is -3.76. The first-order valence-electron chi connectivity index (χ1n) is 10.2. The average Bonchev–Trinajstić information content (AvgIpc) is 2.78. The Bertz CT molecular complexity index is 977. The lowest BCUT2D eigenvalue weighted by atomic mass is 10.1. The Morgan fingerprint density at radius 1 is 1.28 bits per heavy atom. The van der Waals surface area contributed by atoms with Crippen LogP contribution < -0.4 is 15.8 Å². The molecular formula is C21H25FN6O4. The fourth-order valence-corrected chi connectivity index (χ4v) is 3.32. The molecule has 4 N–H and O–H groups in total. The maximum Gasteiger partial charge on any atom is 0.414 e. The predicted molar refractivity (Wildman–Crippen MR) is 113 cm³/mol. The summed E-state index contributed by atoms with van der Waals surface area (Å²) >= 11 is 0. The van der Waals surface area contributed by atoms with Crippen molar-refractivity contribution in [2.24, 2.45) is 5.73 Å². The number of nitrogens with two attached hydrogens (primary N) is 1. The Kier molecular flexibility index (Phi) is 7.53. The molecule has 0 atom stereocenters. The normalized spacial score (nSPS) is 14.0. The van der Waals surface area contributed by atoms with Gasteiger partial charge in [-0.1, -0.05) is 25.1 Å². The molecule has 0 bridgehead atoms. The second kappa shape index (κ2) is 10.5. The van der Waals surface area contributed by atoms with Crippen molar-refractivity contribution in [2.75, 3.05) is 13.1 Å². The molecule has 0 aliphatic carbocycles. The number of nitrogens with one attached hydrogen (secondary N) is 2. The highest BCUT2D eigenvalue weighted by molar-refractivity contribution is 5.90. The van der Waals surface area contributed by atoms with E-state index in [0.29, 0.717) is 37.9 Å². The lowest BCUT2D eigenvalue weighted by Gasteiger charge is -2.31. The maximum atomic E-state index is 14.9. The van der Waals surface area contributed by atoms with Crippen molar-refractivity contribution in [2.45, 2.75) is 38.9 Å². The number of guanidine groups is 1. The number of carbonyl (C=O) groups is 2. The average molecular weight is 444 g/mol. The minimum atomic E-state index is -0.947. The zero-order valence-corrected chi connectivity index (χ0v) is 17.6. The molecule has 1 aliphatic heterocycles. The van der Waals surface area contributed by atoms with Gasteiger partial charge in [-0.25, -0.2) is 19.2 Å². The molecule has 1 aromatic heterocycles. The van der Waals surface area contributed by atoms with Crippen molar-refractivity contribution in [1.29, 1.82) is 5.41 Å². The molecule has 2 aromatic rings. The van der Waals surface area contributed by atoms with Crippen LogP contribution >= 0.6 is 0 Å². The Morgan fingerprint density at radius 2 is 1.97 bits per heavy atom. The van der Waals surface area contributed by atoms with Gasteiger partial charge in [-0.2, -0.15) is 0 Å². The van der Waals surface area contributed by atoms with Crippen LogP contribution in [0, 0.1) is 11.2 Å². The van der Waals surface area contributed by atoms with Crippen LogP contribution in [0.2, 0.25) is 0 Å². The molecule has 3 rings (SSSR count). The highest BCUT2D eigenvalue weighted by atomic mass is 19.1. The first-order valence-corrected chi connectivity index (χ1v) is 10.2. The minimum absolute atomic E-state index is 0.0832. The highest BCUT2D eigenvalue weighted by Gasteiger charge is 2.23. The lowest BCUT2D eigenvalue weighted by Crippen LogP contribution is -2.41. The van der Waals surface area contributed by atoms with Gasteiger partial charge in [0.15, 0.2) is 5.96 Å². The third-order valence-corrected chi connectivity index (χ3v) is 4.98. The Labute approximate surface area is 184 Å². The van der Waals surface area contributed by atoms with E-state index in [4.69, 9.17) is 20.6 Å². The Balaban J connectivity index is 1.60. The van der Waals surface area contributed by atoms with E-state index < -0.39 is 17.9 Å². The second-order valence-electron chi connectivity index (χ2n) is 7.20. The standard InChI is InChI=1S/C21H25FN6O4/c1-2-17(29)28-8-6-15(7-9-28)32-20-25-10-14(11-26-20)16-5-3-4-13(18(16)22)12-31-21(30)27-19(23)24/h3-5,10-11,15H,2,6-9,12H2,1H3,(H4,23,24,27,30). The van der Waals surface area contributed by atoms with Gasteiger partial charge in [-0.05, 0) is 0 Å². The van der Waals surface area contributed by atoms with E-state index >= 15 is 0 Å². The quantitative estimate of drug-likeness (QED) is 0.458. The van der Waals surface area contributed by atoms with Gasteiger partial charge in [0.2, 0.25) is 5.91 Å². The number of nitrogens with zero attached hydrogens (tertiary/aromatic N) is 3. The number of likely N-dealkylation sites (tertiary alicyclic amines) is 1. The number of amides is 2. The van der Waals surface area contributed by atoms with Crippen LogP contribution in [0.1, 0.15) is 31.7 Å². The number of halogens is 1. The smallest absolute Gasteiger partial charge is 0.414 e. The molecule has 10 nitrogen and oxygen atoms in total. The van der Waals surface area contributed by atoms with Crippen molar-refractivity contribution in [3.05, 3.63) is 42.0 Å². The maximum absolute atomic E-state index is 14.9. The monoisotopic (exact) mass is 444 g/mol. The van der Waals surface area contributed by atoms with Gasteiger partial charge in [-0.15, -0.1) is 0 Å². The van der Waals surface area contributed by atoms with E-state index in [1.807, 2.05) is 17.1 Å². The summed E-state index contributed by atoms with van der Waals surface area (Å²) in [5.41, 5.74) is 5.88. The van der Waals surface area contributed by atoms with Gasteiger partial charge in [0.1, 0.15) is 18.5 Å². The molecule has 0 spiro atoms. The predicted octanol–water partition coefficient (Wildman–Crippen LogP) is 2.18. The zero-order chi connectivity index (χ0) is 23.1. The summed E-state index contributed by atoms with van der Waals surface area (Å²) < 4.78 is 25.5. The molecule has 2 amide bonds. The number of hydrogen-bond donors (Lipinski definition) is 3. The van der Waals surface area contributed by atoms with E-state index in [9.17, 15) is 14.0 Å². The number of carbonyl (C=O) groups excluding carboxylic acids is 2. The van der Waals surface area contributed by atoms with E-state index in [-0.39, 0.29) is 35.8 Å². The van der Waals surface area contributed by atoms with Crippen LogP contribution in [0.15, 0.2) is 30.6 Å². The van der Waals surface area contributed by atoms with Gasteiger partial charge in [0, 0.05) is 61.4 Å². The number of benzene rings is 1. The third-order valence-electron chi connectivity index (χ3n) is 4.98. The first-order chi connectivity index (χ1) is 15.4. The number of rotatable bonds is 6. The van der Waals surface area contributed by atoms with Gasteiger partial charge in [0.05, 0.1) is 0 Å². The van der Waals surface area contributed by atoms with Crippen molar-refractivity contribution < 1.29 is 23.5 Å². The van der Waals surface area contributed by atoms with Crippen LogP contribution in [0.25, 0.3) is 11.1 Å². The molecule has 1 saturated heterocycles. The van der Waals surface area contributed by atoms with Gasteiger partial charge >= 0.3 is 12.1 Å². The molecule has 2 heterocycles. The summed E-state index contributed by atoms with van der Waals surface area (Å²) in [5.74, 6) is -1.00. The summed E-state index contributed by atoms with van der Waals surface area (Å²) in [5, 5.41) is 8.93. The number of alkyl carbamates (subject to hydrolysis) is 1. The molecule has 11 heteroatoms. The SMILES string of the molecule is CCC(=O)N1CCC(Oc2ncc(-c3cccc(COC(=O)NC(=N)N)c3F)cn2)CC1. The van der Waals surface area contributed by atoms with E-state index in [1.165, 1.54) is 18.5 Å². The highest BCUT2D eigenvalue weighted by Crippen LogP contribution is 2.25. The summed E-state index contributed by atoms with van der Waals surface area (Å²) in [4.78, 5) is 33.4. The molecule has 32 heavy (non-hydrogen) atoms. The first kappa shape index (κ1) is 22.9. The van der Waals surface area contributed by atoms with E-state index in [2.05, 4.69) is 9.97 Å². The largest absolute Gasteiger partial charge is 0.460 e. The van der Waals surface area contributed by atoms with Crippen LogP contribution in [0.4, 0.5) is 9.18 Å². The minimum Gasteiger partial charge on any atom is -0.460 e. The van der Waals surface area contributed by atoms with Crippen molar-refractivity contribution in [3.63, 3.8) is 0 Å². The molecular weight excluding hydrogens is 419 g/mol. The molecule has 0 radical (unpaired) electrons. The number of piperidine rings is 1. The van der Waals surface area contributed by atoms with Gasteiger partial charge < -0.3 is 20.1 Å². The fraction of sp³-hybridized carbons (Fsp3) is 0.381. The van der Waals surface area contributed by atoms with Crippen LogP contribution in [-0.4, -0.2) is 52.0 Å². The van der Waals surface area contributed by atoms with Crippen molar-refractivity contribution in [3.8, 4) is 17.1 Å². The molecule has 0 unspecified atom stereocenters. The summed E-state index contributed by atoms with van der Waals surface area (Å²) in [6.07, 6.45) is 3.78. The van der Waals surface area contributed by atoms with Crippen molar-refractivity contribution in [1.82, 2.24) is 20.2 Å². The summed E-state index contributed by atoms with van der Waals surface area (Å²) in [7, 11) is 0. The second-order valence-corrected chi connectivity index (χ2v) is 7.20. The molecule has 0 saturated carbocycles. The third kappa shape index (κ3) is 5.90. The van der Waals surface area contributed by atoms with Crippen LogP contribution in [-0.2, 0) is 16.1 Å². The lowest BCUT2D eigenvalue weighted by molar-refractivity contribution is -0.132. The molecule has 1 aromatic carbocycles. The van der Waals surface area contributed by atoms with Gasteiger partial charge in [-0.3, -0.25) is 15.5 Å². The van der Waals surface area contributed by atoms with E-state index in [0.717, 1.165) is 0 Å². The number of aromatic nitrogens is 2. The molecule has 1 fully saturated rings. The topological polar surface area (TPSA) is 144 Å². The Morgan fingerprint density at radius 3 is 2.59 bits per heavy atom. The summed E-state index contributed by atoms with van der Waals surface area (Å²) in [6.45, 7) is 2.79. The summed E-state index contributed by atoms with van der Waals surface area (Å²) in [6, 6.07) is 4.85. The van der Waals surface area contributed by atoms with E-state index in [1.54, 1.807) is 12.1 Å². The zero-order valence-electron chi connectivity index (χ0n) is 17.6. The molecule has 1 aliphatic rings. The van der Waals surface area contributed by atoms with Crippen LogP contribution in [0.3, 0.4) is 0 Å². The number of hydrogen-bond acceptors (Lipinski definition) is 7. The molecule has 170 valence electrons. The van der Waals surface area contributed by atoms with Crippen LogP contribution in [0.5, 0.6) is 6.01 Å². The van der Waals surface area contributed by atoms with Crippen molar-refractivity contribution >= 4 is 18.0 Å². The fourth-order valence-electron chi connectivity index (χ4n) is 3.32. The van der Waals surface area contributed by atoms with Gasteiger partial charge in [0.25, 0.3) is 0 Å². The number of ether oxygens (including phenoxy) is 2.